The first-order valence-corrected chi connectivity index (χ1v) is 4.15. The number of benzene rings is 1. The SMILES string of the molecule is CON=C1COc2ccc(C)cc21. The van der Waals surface area contributed by atoms with Gasteiger partial charge in [0.25, 0.3) is 0 Å². The Balaban J connectivity index is 2.46. The van der Waals surface area contributed by atoms with Gasteiger partial charge >= 0.3 is 0 Å². The third-order valence-corrected chi connectivity index (χ3v) is 2.01. The first kappa shape index (κ1) is 8.10. The molecular weight excluding hydrogens is 166 g/mol. The van der Waals surface area contributed by atoms with Crippen molar-refractivity contribution in [3.05, 3.63) is 29.3 Å². The van der Waals surface area contributed by atoms with Crippen LogP contribution >= 0.6 is 0 Å². The lowest BCUT2D eigenvalue weighted by molar-refractivity contribution is 0.212. The van der Waals surface area contributed by atoms with E-state index in [0.29, 0.717) is 6.61 Å². The summed E-state index contributed by atoms with van der Waals surface area (Å²) in [7, 11) is 1.54. The Labute approximate surface area is 77.0 Å². The van der Waals surface area contributed by atoms with E-state index in [1.807, 2.05) is 19.1 Å². The summed E-state index contributed by atoms with van der Waals surface area (Å²) in [6.45, 7) is 2.55. The van der Waals surface area contributed by atoms with Gasteiger partial charge in [0.1, 0.15) is 25.2 Å². The average Bonchev–Trinajstić information content (AvgIpc) is 2.49. The van der Waals surface area contributed by atoms with Crippen molar-refractivity contribution in [3.8, 4) is 5.75 Å². The van der Waals surface area contributed by atoms with Crippen molar-refractivity contribution in [2.24, 2.45) is 5.16 Å². The van der Waals surface area contributed by atoms with Crippen LogP contribution in [-0.2, 0) is 4.84 Å². The largest absolute Gasteiger partial charge is 0.486 e. The number of fused-ring (bicyclic) bond motifs is 1. The van der Waals surface area contributed by atoms with E-state index >= 15 is 0 Å². The van der Waals surface area contributed by atoms with Gasteiger partial charge in [-0.2, -0.15) is 0 Å². The highest BCUT2D eigenvalue weighted by molar-refractivity contribution is 6.06. The summed E-state index contributed by atoms with van der Waals surface area (Å²) in [4.78, 5) is 4.73. The quantitative estimate of drug-likeness (QED) is 0.612. The maximum Gasteiger partial charge on any atom is 0.134 e. The van der Waals surface area contributed by atoms with Crippen molar-refractivity contribution >= 4 is 5.71 Å². The molecule has 0 saturated carbocycles. The van der Waals surface area contributed by atoms with E-state index in [0.717, 1.165) is 17.0 Å². The van der Waals surface area contributed by atoms with Gasteiger partial charge in [-0.3, -0.25) is 0 Å². The molecule has 3 heteroatoms. The summed E-state index contributed by atoms with van der Waals surface area (Å²) in [6, 6.07) is 6.04. The smallest absolute Gasteiger partial charge is 0.134 e. The highest BCUT2D eigenvalue weighted by atomic mass is 16.6. The Morgan fingerprint density at radius 2 is 2.31 bits per heavy atom. The molecule has 0 aliphatic carbocycles. The van der Waals surface area contributed by atoms with Crippen LogP contribution in [0.25, 0.3) is 0 Å². The molecule has 1 aromatic rings. The van der Waals surface area contributed by atoms with Crippen molar-refractivity contribution < 1.29 is 9.57 Å². The normalized spacial score (nSPS) is 16.9. The zero-order valence-electron chi connectivity index (χ0n) is 7.70. The van der Waals surface area contributed by atoms with Crippen LogP contribution in [0.1, 0.15) is 11.1 Å². The number of hydrogen-bond donors (Lipinski definition) is 0. The Hall–Kier alpha value is -1.51. The molecule has 1 aromatic carbocycles. The molecule has 68 valence electrons. The van der Waals surface area contributed by atoms with Gasteiger partial charge < -0.3 is 9.57 Å². The fourth-order valence-corrected chi connectivity index (χ4v) is 1.40. The number of rotatable bonds is 1. The van der Waals surface area contributed by atoms with Crippen molar-refractivity contribution in [2.45, 2.75) is 6.92 Å². The van der Waals surface area contributed by atoms with E-state index in [-0.39, 0.29) is 0 Å². The minimum absolute atomic E-state index is 0.507. The molecule has 3 nitrogen and oxygen atoms in total. The van der Waals surface area contributed by atoms with Crippen LogP contribution in [-0.4, -0.2) is 19.4 Å². The molecule has 1 aliphatic rings. The highest BCUT2D eigenvalue weighted by Crippen LogP contribution is 2.26. The second-order valence-corrected chi connectivity index (χ2v) is 3.01. The molecule has 0 unspecified atom stereocenters. The summed E-state index contributed by atoms with van der Waals surface area (Å²) in [5, 5.41) is 3.90. The van der Waals surface area contributed by atoms with Crippen molar-refractivity contribution in [3.63, 3.8) is 0 Å². The lowest BCUT2D eigenvalue weighted by Gasteiger charge is -1.97. The number of nitrogens with zero attached hydrogens (tertiary/aromatic N) is 1. The topological polar surface area (TPSA) is 30.8 Å². The Kier molecular flexibility index (Phi) is 1.93. The summed E-state index contributed by atoms with van der Waals surface area (Å²) in [5.41, 5.74) is 3.11. The third kappa shape index (κ3) is 1.37. The van der Waals surface area contributed by atoms with Crippen LogP contribution in [0.15, 0.2) is 23.4 Å². The summed E-state index contributed by atoms with van der Waals surface area (Å²) in [5.74, 6) is 0.890. The van der Waals surface area contributed by atoms with Gasteiger partial charge in [-0.05, 0) is 19.1 Å². The van der Waals surface area contributed by atoms with E-state index < -0.39 is 0 Å². The van der Waals surface area contributed by atoms with Crippen molar-refractivity contribution in [1.82, 2.24) is 0 Å². The van der Waals surface area contributed by atoms with Gasteiger partial charge in [-0.1, -0.05) is 16.8 Å². The van der Waals surface area contributed by atoms with Crippen LogP contribution in [0.4, 0.5) is 0 Å². The molecule has 0 bridgehead atoms. The second-order valence-electron chi connectivity index (χ2n) is 3.01. The molecule has 0 fully saturated rings. The molecule has 2 rings (SSSR count). The zero-order chi connectivity index (χ0) is 9.26. The predicted molar refractivity (Wildman–Crippen MR) is 50.2 cm³/mol. The third-order valence-electron chi connectivity index (χ3n) is 2.01. The summed E-state index contributed by atoms with van der Waals surface area (Å²) >= 11 is 0. The van der Waals surface area contributed by atoms with Gasteiger partial charge in [0.05, 0.1) is 0 Å². The molecule has 1 aliphatic heterocycles. The average molecular weight is 177 g/mol. The lowest BCUT2D eigenvalue weighted by Crippen LogP contribution is -2.02. The summed E-state index contributed by atoms with van der Waals surface area (Å²) < 4.78 is 5.41. The maximum absolute atomic E-state index is 5.41. The minimum Gasteiger partial charge on any atom is -0.486 e. The Bertz CT molecular complexity index is 358. The monoisotopic (exact) mass is 177 g/mol. The van der Waals surface area contributed by atoms with Crippen molar-refractivity contribution in [1.29, 1.82) is 0 Å². The van der Waals surface area contributed by atoms with E-state index in [1.165, 1.54) is 5.56 Å². The number of ether oxygens (including phenoxy) is 1. The van der Waals surface area contributed by atoms with Gasteiger partial charge in [0.15, 0.2) is 0 Å². The first-order chi connectivity index (χ1) is 6.31. The van der Waals surface area contributed by atoms with Gasteiger partial charge in [0.2, 0.25) is 0 Å². The highest BCUT2D eigenvalue weighted by Gasteiger charge is 2.19. The fourth-order valence-electron chi connectivity index (χ4n) is 1.40. The van der Waals surface area contributed by atoms with E-state index in [4.69, 9.17) is 9.57 Å². The second kappa shape index (κ2) is 3.09. The maximum atomic E-state index is 5.41. The molecule has 0 aromatic heterocycles. The molecule has 0 N–H and O–H groups in total. The Morgan fingerprint density at radius 1 is 1.46 bits per heavy atom. The number of hydrogen-bond acceptors (Lipinski definition) is 3. The number of aryl methyl sites for hydroxylation is 1. The van der Waals surface area contributed by atoms with Crippen LogP contribution in [0.3, 0.4) is 0 Å². The standard InChI is InChI=1S/C10H11NO2/c1-7-3-4-10-8(5-7)9(6-13-10)11-12-2/h3-5H,6H2,1-2H3. The molecule has 0 amide bonds. The van der Waals surface area contributed by atoms with Gasteiger partial charge in [-0.25, -0.2) is 0 Å². The van der Waals surface area contributed by atoms with E-state index in [2.05, 4.69) is 11.2 Å². The van der Waals surface area contributed by atoms with Crippen molar-refractivity contribution in [2.75, 3.05) is 13.7 Å². The minimum atomic E-state index is 0.507. The molecular formula is C10H11NO2. The Morgan fingerprint density at radius 3 is 3.08 bits per heavy atom. The lowest BCUT2D eigenvalue weighted by atomic mass is 10.1. The number of oxime groups is 1. The summed E-state index contributed by atoms with van der Waals surface area (Å²) in [6.07, 6.45) is 0. The first-order valence-electron chi connectivity index (χ1n) is 4.15. The van der Waals surface area contributed by atoms with Crippen LogP contribution in [0, 0.1) is 6.92 Å². The molecule has 0 atom stereocenters. The predicted octanol–water partition coefficient (Wildman–Crippen LogP) is 1.74. The molecule has 0 radical (unpaired) electrons. The van der Waals surface area contributed by atoms with Gasteiger partial charge in [0, 0.05) is 5.56 Å². The van der Waals surface area contributed by atoms with Crippen LogP contribution < -0.4 is 4.74 Å². The molecule has 1 heterocycles. The fraction of sp³-hybridized carbons (Fsp3) is 0.300. The molecule has 0 spiro atoms. The van der Waals surface area contributed by atoms with Crippen LogP contribution in [0.2, 0.25) is 0 Å². The molecule has 13 heavy (non-hydrogen) atoms. The van der Waals surface area contributed by atoms with Crippen LogP contribution in [0.5, 0.6) is 5.75 Å². The van der Waals surface area contributed by atoms with Gasteiger partial charge in [-0.15, -0.1) is 0 Å². The van der Waals surface area contributed by atoms with E-state index in [1.54, 1.807) is 7.11 Å². The molecule has 0 saturated heterocycles. The zero-order valence-corrected chi connectivity index (χ0v) is 7.70. The van der Waals surface area contributed by atoms with E-state index in [9.17, 15) is 0 Å².